The molecule has 2 aliphatic rings. The van der Waals surface area contributed by atoms with Crippen molar-refractivity contribution in [2.24, 2.45) is 10.9 Å². The van der Waals surface area contributed by atoms with Gasteiger partial charge in [0, 0.05) is 42.3 Å². The monoisotopic (exact) mass is 425 g/mol. The molecule has 3 aromatic rings. The Balaban J connectivity index is 1.52. The van der Waals surface area contributed by atoms with Crippen LogP contribution < -0.4 is 10.6 Å². The highest BCUT2D eigenvalue weighted by Crippen LogP contribution is 2.30. The molecule has 0 spiro atoms. The van der Waals surface area contributed by atoms with Gasteiger partial charge in [-0.1, -0.05) is 55.5 Å². The van der Waals surface area contributed by atoms with Gasteiger partial charge in [-0.2, -0.15) is 0 Å². The molecule has 1 fully saturated rings. The fourth-order valence-corrected chi connectivity index (χ4v) is 4.77. The molecule has 0 radical (unpaired) electrons. The molecule has 1 saturated heterocycles. The van der Waals surface area contributed by atoms with Crippen LogP contribution in [-0.2, 0) is 22.4 Å². The molecule has 2 N–H and O–H groups in total. The number of carbonyl (C=O) groups excluding carboxylic acids is 2. The molecular formula is C27H27N3O2. The van der Waals surface area contributed by atoms with E-state index in [9.17, 15) is 9.59 Å². The maximum absolute atomic E-state index is 12.1. The van der Waals surface area contributed by atoms with E-state index in [1.165, 1.54) is 21.9 Å². The standard InChI is InChI=1S/C27H27N3O2/c1-2-17-8-10-24-23(13-17)27(21-14-25(31)30-26(32)15-21)29-22(16-28-24)12-18-7-9-19-5-3-4-6-20(19)11-18/h3-11,13,21-22,28H,2,12,14-16H2,1H3,(H,30,31,32). The highest BCUT2D eigenvalue weighted by molar-refractivity contribution is 6.12. The Hall–Kier alpha value is -3.47. The van der Waals surface area contributed by atoms with Crippen LogP contribution in [0.3, 0.4) is 0 Å². The lowest BCUT2D eigenvalue weighted by Crippen LogP contribution is -2.41. The SMILES string of the molecule is CCc1ccc2c(c1)C(C1CC(=O)NC(=O)C1)=NC(Cc1ccc3ccccc3c1)CN2. The second-order valence-corrected chi connectivity index (χ2v) is 8.74. The van der Waals surface area contributed by atoms with Gasteiger partial charge in [-0.3, -0.25) is 19.9 Å². The number of hydrogen-bond acceptors (Lipinski definition) is 4. The van der Waals surface area contributed by atoms with Crippen molar-refractivity contribution in [3.8, 4) is 0 Å². The van der Waals surface area contributed by atoms with Gasteiger partial charge >= 0.3 is 0 Å². The van der Waals surface area contributed by atoms with Crippen molar-refractivity contribution in [3.05, 3.63) is 77.4 Å². The fourth-order valence-electron chi connectivity index (χ4n) is 4.77. The van der Waals surface area contributed by atoms with Crippen molar-refractivity contribution in [1.29, 1.82) is 0 Å². The molecule has 2 heterocycles. The number of aliphatic imine (C=N–C) groups is 1. The number of fused-ring (bicyclic) bond motifs is 2. The van der Waals surface area contributed by atoms with Crippen molar-refractivity contribution >= 4 is 34.0 Å². The van der Waals surface area contributed by atoms with Crippen LogP contribution in [0.4, 0.5) is 5.69 Å². The zero-order chi connectivity index (χ0) is 22.1. The van der Waals surface area contributed by atoms with E-state index in [1.807, 2.05) is 0 Å². The van der Waals surface area contributed by atoms with Crippen LogP contribution >= 0.6 is 0 Å². The number of benzene rings is 3. The summed E-state index contributed by atoms with van der Waals surface area (Å²) in [5.41, 5.74) is 5.39. The smallest absolute Gasteiger partial charge is 0.227 e. The zero-order valence-corrected chi connectivity index (χ0v) is 18.2. The second kappa shape index (κ2) is 8.58. The third kappa shape index (κ3) is 4.15. The van der Waals surface area contributed by atoms with E-state index >= 15 is 0 Å². The third-order valence-electron chi connectivity index (χ3n) is 6.43. The molecule has 3 aromatic carbocycles. The molecule has 1 unspecified atom stereocenters. The van der Waals surface area contributed by atoms with Crippen molar-refractivity contribution < 1.29 is 9.59 Å². The number of hydrogen-bond donors (Lipinski definition) is 2. The molecule has 5 nitrogen and oxygen atoms in total. The first-order valence-corrected chi connectivity index (χ1v) is 11.3. The largest absolute Gasteiger partial charge is 0.382 e. The lowest BCUT2D eigenvalue weighted by molar-refractivity contribution is -0.133. The van der Waals surface area contributed by atoms with Gasteiger partial charge in [-0.05, 0) is 46.9 Å². The Labute approximate surface area is 187 Å². The molecule has 5 heteroatoms. The summed E-state index contributed by atoms with van der Waals surface area (Å²) in [6, 6.07) is 21.3. The summed E-state index contributed by atoms with van der Waals surface area (Å²) >= 11 is 0. The number of carbonyl (C=O) groups is 2. The third-order valence-corrected chi connectivity index (χ3v) is 6.43. The summed E-state index contributed by atoms with van der Waals surface area (Å²) in [5.74, 6) is -0.628. The van der Waals surface area contributed by atoms with Gasteiger partial charge in [-0.15, -0.1) is 0 Å². The van der Waals surface area contributed by atoms with Crippen LogP contribution in [0.15, 0.2) is 65.7 Å². The van der Waals surface area contributed by atoms with Gasteiger partial charge in [0.05, 0.1) is 6.04 Å². The Bertz CT molecular complexity index is 1210. The summed E-state index contributed by atoms with van der Waals surface area (Å²) in [5, 5.41) is 8.46. The Morgan fingerprint density at radius 2 is 1.66 bits per heavy atom. The molecular weight excluding hydrogens is 398 g/mol. The Morgan fingerprint density at radius 3 is 2.44 bits per heavy atom. The van der Waals surface area contributed by atoms with Crippen molar-refractivity contribution in [2.75, 3.05) is 11.9 Å². The number of aryl methyl sites for hydroxylation is 1. The van der Waals surface area contributed by atoms with Gasteiger partial charge < -0.3 is 5.32 Å². The Kier molecular flexibility index (Phi) is 5.48. The van der Waals surface area contributed by atoms with Crippen molar-refractivity contribution in [2.45, 2.75) is 38.6 Å². The molecule has 2 amide bonds. The van der Waals surface area contributed by atoms with Crippen LogP contribution in [0.1, 0.15) is 36.5 Å². The van der Waals surface area contributed by atoms with Gasteiger partial charge in [0.15, 0.2) is 0 Å². The molecule has 0 aliphatic carbocycles. The Morgan fingerprint density at radius 1 is 0.906 bits per heavy atom. The number of piperidine rings is 1. The normalized spacial score (nSPS) is 19.0. The van der Waals surface area contributed by atoms with E-state index in [1.54, 1.807) is 0 Å². The van der Waals surface area contributed by atoms with Gasteiger partial charge in [0.1, 0.15) is 0 Å². The zero-order valence-electron chi connectivity index (χ0n) is 18.2. The van der Waals surface area contributed by atoms with Crippen LogP contribution in [0.2, 0.25) is 0 Å². The van der Waals surface area contributed by atoms with E-state index in [-0.39, 0.29) is 23.8 Å². The minimum atomic E-state index is -0.217. The summed E-state index contributed by atoms with van der Waals surface area (Å²) in [4.78, 5) is 29.5. The lowest BCUT2D eigenvalue weighted by Gasteiger charge is -2.24. The molecule has 0 aromatic heterocycles. The minimum absolute atomic E-state index is 0.0173. The maximum atomic E-state index is 12.1. The molecule has 162 valence electrons. The van der Waals surface area contributed by atoms with Crippen molar-refractivity contribution in [3.63, 3.8) is 0 Å². The average molecular weight is 426 g/mol. The number of benzodiazepines with no additional fused rings is 1. The van der Waals surface area contributed by atoms with E-state index in [4.69, 9.17) is 4.99 Å². The first-order valence-electron chi connectivity index (χ1n) is 11.3. The highest BCUT2D eigenvalue weighted by Gasteiger charge is 2.32. The first-order chi connectivity index (χ1) is 15.6. The first kappa shape index (κ1) is 20.4. The van der Waals surface area contributed by atoms with Gasteiger partial charge in [0.2, 0.25) is 11.8 Å². The minimum Gasteiger partial charge on any atom is -0.382 e. The van der Waals surface area contributed by atoms with E-state index in [2.05, 4.69) is 78.2 Å². The second-order valence-electron chi connectivity index (χ2n) is 8.74. The molecule has 1 atom stereocenters. The van der Waals surface area contributed by atoms with E-state index in [0.717, 1.165) is 29.8 Å². The topological polar surface area (TPSA) is 70.6 Å². The van der Waals surface area contributed by atoms with E-state index in [0.29, 0.717) is 19.4 Å². The molecule has 32 heavy (non-hydrogen) atoms. The summed E-state index contributed by atoms with van der Waals surface area (Å²) < 4.78 is 0. The summed E-state index contributed by atoms with van der Waals surface area (Å²) in [6.07, 6.45) is 2.31. The number of imide groups is 1. The molecule has 0 bridgehead atoms. The molecule has 5 rings (SSSR count). The summed E-state index contributed by atoms with van der Waals surface area (Å²) in [7, 11) is 0. The predicted octanol–water partition coefficient (Wildman–Crippen LogP) is 4.28. The maximum Gasteiger partial charge on any atom is 0.227 e. The van der Waals surface area contributed by atoms with E-state index < -0.39 is 0 Å². The average Bonchev–Trinajstić information content (AvgIpc) is 2.97. The predicted molar refractivity (Wildman–Crippen MR) is 128 cm³/mol. The number of anilines is 1. The quantitative estimate of drug-likeness (QED) is 0.613. The van der Waals surface area contributed by atoms with Crippen LogP contribution in [0.5, 0.6) is 0 Å². The fraction of sp³-hybridized carbons (Fsp3) is 0.296. The number of rotatable bonds is 4. The van der Waals surface area contributed by atoms with Gasteiger partial charge in [0.25, 0.3) is 0 Å². The number of nitrogens with zero attached hydrogens (tertiary/aromatic N) is 1. The number of nitrogens with one attached hydrogen (secondary N) is 2. The molecule has 0 saturated carbocycles. The number of amides is 2. The van der Waals surface area contributed by atoms with Crippen LogP contribution in [-0.4, -0.2) is 30.1 Å². The highest BCUT2D eigenvalue weighted by atomic mass is 16.2. The van der Waals surface area contributed by atoms with Crippen LogP contribution in [0, 0.1) is 5.92 Å². The summed E-state index contributed by atoms with van der Waals surface area (Å²) in [6.45, 7) is 2.84. The van der Waals surface area contributed by atoms with Crippen molar-refractivity contribution in [1.82, 2.24) is 5.32 Å². The van der Waals surface area contributed by atoms with Crippen LogP contribution in [0.25, 0.3) is 10.8 Å². The lowest BCUT2D eigenvalue weighted by atomic mass is 9.86. The van der Waals surface area contributed by atoms with Gasteiger partial charge in [-0.25, -0.2) is 0 Å². The molecule has 2 aliphatic heterocycles.